The molecule has 0 saturated heterocycles. The fourth-order valence-corrected chi connectivity index (χ4v) is 3.92. The van der Waals surface area contributed by atoms with Crippen molar-refractivity contribution in [3.63, 3.8) is 0 Å². The third-order valence-electron chi connectivity index (χ3n) is 5.21. The molecule has 32 heavy (non-hydrogen) atoms. The minimum Gasteiger partial charge on any atom is -0.457 e. The average Bonchev–Trinajstić information content (AvgIpc) is 2.80. The number of ether oxygens (including phenoxy) is 2. The molecule has 4 aromatic rings. The Bertz CT molecular complexity index is 1480. The van der Waals surface area contributed by atoms with Crippen LogP contribution in [0, 0.1) is 11.3 Å². The average molecular weight is 443 g/mol. The summed E-state index contributed by atoms with van der Waals surface area (Å²) >= 11 is 5.94. The van der Waals surface area contributed by atoms with Crippen molar-refractivity contribution in [2.24, 2.45) is 5.73 Å². The fraction of sp³-hybridized carbons (Fsp3) is 0.0400. The van der Waals surface area contributed by atoms with Gasteiger partial charge in [-0.2, -0.15) is 5.26 Å². The van der Waals surface area contributed by atoms with Gasteiger partial charge in [-0.15, -0.1) is 0 Å². The highest BCUT2D eigenvalue weighted by molar-refractivity contribution is 6.30. The molecule has 1 aliphatic heterocycles. The number of para-hydroxylation sites is 1. The molecule has 0 amide bonds. The molecule has 3 aromatic carbocycles. The van der Waals surface area contributed by atoms with Crippen molar-refractivity contribution >= 4 is 22.6 Å². The molecular formula is C25H15ClN2O4. The van der Waals surface area contributed by atoms with Gasteiger partial charge >= 0.3 is 5.63 Å². The monoisotopic (exact) mass is 442 g/mol. The molecule has 156 valence electrons. The smallest absolute Gasteiger partial charge is 0.344 e. The topological polar surface area (TPSA) is 98.5 Å². The Balaban J connectivity index is 1.66. The van der Waals surface area contributed by atoms with Crippen molar-refractivity contribution in [3.05, 3.63) is 111 Å². The van der Waals surface area contributed by atoms with Crippen LogP contribution in [0.4, 0.5) is 0 Å². The van der Waals surface area contributed by atoms with Gasteiger partial charge in [-0.05, 0) is 54.1 Å². The Kier molecular flexibility index (Phi) is 4.81. The van der Waals surface area contributed by atoms with Gasteiger partial charge in [-0.1, -0.05) is 35.9 Å². The Morgan fingerprint density at radius 3 is 2.56 bits per heavy atom. The van der Waals surface area contributed by atoms with Gasteiger partial charge in [0.15, 0.2) is 5.75 Å². The molecule has 1 aromatic heterocycles. The number of nitrogens with zero attached hydrogens (tertiary/aromatic N) is 1. The summed E-state index contributed by atoms with van der Waals surface area (Å²) in [6.07, 6.45) is 0. The summed E-state index contributed by atoms with van der Waals surface area (Å²) in [5.74, 6) is 0.601. The molecule has 0 saturated carbocycles. The highest BCUT2D eigenvalue weighted by Crippen LogP contribution is 2.44. The zero-order chi connectivity index (χ0) is 22.2. The van der Waals surface area contributed by atoms with E-state index >= 15 is 0 Å². The molecule has 6 nitrogen and oxygen atoms in total. The van der Waals surface area contributed by atoms with Crippen molar-refractivity contribution in [1.29, 1.82) is 5.26 Å². The molecule has 1 aliphatic rings. The van der Waals surface area contributed by atoms with Crippen LogP contribution in [-0.4, -0.2) is 0 Å². The Labute approximate surface area is 187 Å². The number of fused-ring (bicyclic) bond motifs is 3. The summed E-state index contributed by atoms with van der Waals surface area (Å²) in [5.41, 5.74) is 6.89. The fourth-order valence-electron chi connectivity index (χ4n) is 3.80. The summed E-state index contributed by atoms with van der Waals surface area (Å²) in [5, 5.41) is 11.0. The first kappa shape index (κ1) is 19.7. The molecule has 7 heteroatoms. The first-order chi connectivity index (χ1) is 15.5. The van der Waals surface area contributed by atoms with E-state index in [4.69, 9.17) is 31.2 Å². The van der Waals surface area contributed by atoms with Gasteiger partial charge in [-0.25, -0.2) is 4.79 Å². The van der Waals surface area contributed by atoms with Crippen LogP contribution in [0.15, 0.2) is 93.5 Å². The van der Waals surface area contributed by atoms with E-state index in [1.807, 2.05) is 0 Å². The number of nitrogens with two attached hydrogens (primary N) is 1. The van der Waals surface area contributed by atoms with Crippen molar-refractivity contribution in [1.82, 2.24) is 0 Å². The third kappa shape index (κ3) is 3.35. The number of rotatable bonds is 3. The van der Waals surface area contributed by atoms with Crippen LogP contribution in [0.2, 0.25) is 5.02 Å². The van der Waals surface area contributed by atoms with E-state index in [1.54, 1.807) is 72.8 Å². The van der Waals surface area contributed by atoms with Gasteiger partial charge in [0.05, 0.1) is 16.9 Å². The normalized spacial score (nSPS) is 15.1. The van der Waals surface area contributed by atoms with Crippen LogP contribution in [0.5, 0.6) is 17.2 Å². The first-order valence-electron chi connectivity index (χ1n) is 9.72. The lowest BCUT2D eigenvalue weighted by atomic mass is 9.84. The summed E-state index contributed by atoms with van der Waals surface area (Å²) in [6, 6.07) is 23.2. The lowest BCUT2D eigenvalue weighted by Crippen LogP contribution is -2.26. The summed E-state index contributed by atoms with van der Waals surface area (Å²) in [7, 11) is 0. The van der Waals surface area contributed by atoms with Gasteiger partial charge in [0, 0.05) is 5.02 Å². The summed E-state index contributed by atoms with van der Waals surface area (Å²) in [4.78, 5) is 13.0. The second-order valence-corrected chi connectivity index (χ2v) is 7.62. The second-order valence-electron chi connectivity index (χ2n) is 7.18. The first-order valence-corrected chi connectivity index (χ1v) is 10.1. The maximum atomic E-state index is 13.0. The highest BCUT2D eigenvalue weighted by Gasteiger charge is 2.35. The van der Waals surface area contributed by atoms with E-state index in [0.717, 1.165) is 0 Å². The van der Waals surface area contributed by atoms with Gasteiger partial charge in [-0.3, -0.25) is 0 Å². The van der Waals surface area contributed by atoms with E-state index in [1.165, 1.54) is 0 Å². The molecular weight excluding hydrogens is 428 g/mol. The van der Waals surface area contributed by atoms with E-state index in [9.17, 15) is 10.1 Å². The molecule has 0 aliphatic carbocycles. The third-order valence-corrected chi connectivity index (χ3v) is 5.47. The quantitative estimate of drug-likeness (QED) is 0.423. The Hall–Kier alpha value is -4.21. The second kappa shape index (κ2) is 7.80. The predicted octanol–water partition coefficient (Wildman–Crippen LogP) is 5.46. The van der Waals surface area contributed by atoms with E-state index in [0.29, 0.717) is 38.8 Å². The van der Waals surface area contributed by atoms with E-state index in [2.05, 4.69) is 6.07 Å². The lowest BCUT2D eigenvalue weighted by molar-refractivity contribution is 0.388. The Morgan fingerprint density at radius 1 is 1.00 bits per heavy atom. The molecule has 0 radical (unpaired) electrons. The van der Waals surface area contributed by atoms with Crippen LogP contribution >= 0.6 is 11.6 Å². The molecule has 0 unspecified atom stereocenters. The summed E-state index contributed by atoms with van der Waals surface area (Å²) in [6.45, 7) is 0. The maximum absolute atomic E-state index is 13.0. The zero-order valence-electron chi connectivity index (χ0n) is 16.5. The predicted molar refractivity (Wildman–Crippen MR) is 120 cm³/mol. The number of hydrogen-bond acceptors (Lipinski definition) is 6. The highest BCUT2D eigenvalue weighted by atomic mass is 35.5. The van der Waals surface area contributed by atoms with Crippen molar-refractivity contribution in [2.75, 3.05) is 0 Å². The minimum absolute atomic E-state index is 0.0511. The molecule has 1 atom stereocenters. The van der Waals surface area contributed by atoms with Gasteiger partial charge in [0.1, 0.15) is 28.7 Å². The maximum Gasteiger partial charge on any atom is 0.344 e. The summed E-state index contributed by atoms with van der Waals surface area (Å²) < 4.78 is 17.2. The van der Waals surface area contributed by atoms with Crippen molar-refractivity contribution < 1.29 is 13.9 Å². The standard InChI is InChI=1S/C25H15ClN2O4/c26-15-8-10-16(11-9-15)30-17-5-3-4-14(12-17)21-19(13-27)24(28)32-23-18-6-1-2-7-20(18)31-25(29)22(21)23/h1-12,21H,28H2/t21-/m1/s1. The minimum atomic E-state index is -0.765. The largest absolute Gasteiger partial charge is 0.457 e. The van der Waals surface area contributed by atoms with Crippen LogP contribution in [0.25, 0.3) is 11.0 Å². The van der Waals surface area contributed by atoms with Crippen LogP contribution in [-0.2, 0) is 0 Å². The molecule has 2 heterocycles. The van der Waals surface area contributed by atoms with E-state index < -0.39 is 11.5 Å². The number of allylic oxidation sites excluding steroid dienone is 1. The van der Waals surface area contributed by atoms with Crippen LogP contribution < -0.4 is 20.8 Å². The molecule has 0 bridgehead atoms. The number of benzene rings is 3. The van der Waals surface area contributed by atoms with E-state index in [-0.39, 0.29) is 17.0 Å². The van der Waals surface area contributed by atoms with Crippen LogP contribution in [0.1, 0.15) is 17.0 Å². The van der Waals surface area contributed by atoms with Crippen LogP contribution in [0.3, 0.4) is 0 Å². The number of hydrogen-bond donors (Lipinski definition) is 1. The van der Waals surface area contributed by atoms with Gasteiger partial charge < -0.3 is 19.6 Å². The molecule has 2 N–H and O–H groups in total. The molecule has 5 rings (SSSR count). The van der Waals surface area contributed by atoms with Gasteiger partial charge in [0.2, 0.25) is 5.88 Å². The molecule has 0 spiro atoms. The van der Waals surface area contributed by atoms with Crippen molar-refractivity contribution in [2.45, 2.75) is 5.92 Å². The van der Waals surface area contributed by atoms with Gasteiger partial charge in [0.25, 0.3) is 0 Å². The Morgan fingerprint density at radius 2 is 1.78 bits per heavy atom. The lowest BCUT2D eigenvalue weighted by Gasteiger charge is -2.26. The number of nitriles is 1. The number of halogens is 1. The van der Waals surface area contributed by atoms with Crippen molar-refractivity contribution in [3.8, 4) is 23.3 Å². The molecule has 0 fully saturated rings. The SMILES string of the molecule is N#CC1=C(N)Oc2c(c(=O)oc3ccccc23)[C@@H]1c1cccc(Oc2ccc(Cl)cc2)c1. The zero-order valence-corrected chi connectivity index (χ0v) is 17.3.